The molecule has 0 saturated carbocycles. The van der Waals surface area contributed by atoms with Crippen LogP contribution in [0, 0.1) is 5.41 Å². The van der Waals surface area contributed by atoms with Crippen molar-refractivity contribution in [2.45, 2.75) is 0 Å². The third-order valence-corrected chi connectivity index (χ3v) is 5.02. The highest BCUT2D eigenvalue weighted by Crippen LogP contribution is 2.26. The highest BCUT2D eigenvalue weighted by molar-refractivity contribution is 9.10. The Kier molecular flexibility index (Phi) is 7.29. The van der Waals surface area contributed by atoms with E-state index in [0.29, 0.717) is 6.61 Å². The van der Waals surface area contributed by atoms with Gasteiger partial charge in [-0.2, -0.15) is 0 Å². The highest BCUT2D eigenvalue weighted by atomic mass is 79.9. The van der Waals surface area contributed by atoms with E-state index in [1.165, 1.54) is 0 Å². The highest BCUT2D eigenvalue weighted by Gasteiger charge is 2.28. The first-order valence-electron chi connectivity index (χ1n) is 3.10. The van der Waals surface area contributed by atoms with Crippen LogP contribution >= 0.6 is 59.4 Å². The molecule has 0 aliphatic rings. The number of hydrogen-bond donors (Lipinski definition) is 0. The van der Waals surface area contributed by atoms with Crippen LogP contribution in [0.3, 0.4) is 0 Å². The van der Waals surface area contributed by atoms with Gasteiger partial charge in [-0.3, -0.25) is 0 Å². The van der Waals surface area contributed by atoms with Gasteiger partial charge >= 0.3 is 5.43 Å². The summed E-state index contributed by atoms with van der Waals surface area (Å²) in [5, 5.41) is 2.21. The minimum absolute atomic E-state index is 0.120. The van der Waals surface area contributed by atoms with Gasteiger partial charge in [0, 0.05) is 33.0 Å². The van der Waals surface area contributed by atoms with Gasteiger partial charge in [-0.15, -0.1) is 0 Å². The molecule has 0 aliphatic carbocycles. The second-order valence-corrected chi connectivity index (χ2v) is 4.42. The second kappa shape index (κ2) is 6.62. The summed E-state index contributed by atoms with van der Waals surface area (Å²) >= 11 is 15.1. The molecule has 0 rings (SSSR count). The summed E-state index contributed by atoms with van der Waals surface area (Å²) in [6.07, 6.45) is 0. The Labute approximate surface area is 102 Å². The fourth-order valence-corrected chi connectivity index (χ4v) is 3.76. The van der Waals surface area contributed by atoms with E-state index in [4.69, 9.17) is 16.3 Å². The number of carbonyl (C=O) groups is 1. The zero-order valence-electron chi connectivity index (χ0n) is 6.16. The summed E-state index contributed by atoms with van der Waals surface area (Å²) in [6, 6.07) is 0. The van der Waals surface area contributed by atoms with E-state index in [2.05, 4.69) is 47.8 Å². The molecule has 0 aromatic carbocycles. The van der Waals surface area contributed by atoms with E-state index in [-0.39, 0.29) is 5.41 Å². The topological polar surface area (TPSA) is 26.3 Å². The van der Waals surface area contributed by atoms with Gasteiger partial charge in [-0.05, 0) is 0 Å². The van der Waals surface area contributed by atoms with Crippen LogP contribution in [0.4, 0.5) is 4.79 Å². The zero-order chi connectivity index (χ0) is 9.61. The van der Waals surface area contributed by atoms with Crippen LogP contribution in [0.1, 0.15) is 0 Å². The minimum atomic E-state index is -0.762. The molecule has 0 fully saturated rings. The molecular weight excluding hydrogens is 379 g/mol. The molecule has 0 saturated heterocycles. The summed E-state index contributed by atoms with van der Waals surface area (Å²) in [6.45, 7) is 0.303. The van der Waals surface area contributed by atoms with Crippen molar-refractivity contribution >= 4 is 64.8 Å². The average Bonchev–Trinajstić information content (AvgIpc) is 2.08. The molecule has 6 heteroatoms. The van der Waals surface area contributed by atoms with Crippen LogP contribution in [0.5, 0.6) is 0 Å². The summed E-state index contributed by atoms with van der Waals surface area (Å²) in [5.74, 6) is 0. The van der Waals surface area contributed by atoms with Crippen LogP contribution < -0.4 is 0 Å². The lowest BCUT2D eigenvalue weighted by atomic mass is 9.98. The maximum atomic E-state index is 10.3. The monoisotopic (exact) mass is 384 g/mol. The zero-order valence-corrected chi connectivity index (χ0v) is 11.7. The molecular formula is C6H8Br3ClO2. The molecule has 72 valence electrons. The van der Waals surface area contributed by atoms with Crippen LogP contribution in [0.25, 0.3) is 0 Å². The van der Waals surface area contributed by atoms with Crippen LogP contribution in [0.2, 0.25) is 0 Å². The van der Waals surface area contributed by atoms with E-state index in [0.717, 1.165) is 16.0 Å². The lowest BCUT2D eigenvalue weighted by molar-refractivity contribution is 0.135. The Morgan fingerprint density at radius 2 is 1.67 bits per heavy atom. The number of alkyl halides is 3. The first-order valence-corrected chi connectivity index (χ1v) is 6.84. The summed E-state index contributed by atoms with van der Waals surface area (Å²) in [5.41, 5.74) is -0.882. The number of rotatable bonds is 5. The molecule has 0 aromatic rings. The largest absolute Gasteiger partial charge is 0.453 e. The summed E-state index contributed by atoms with van der Waals surface area (Å²) in [4.78, 5) is 10.3. The second-order valence-electron chi connectivity index (χ2n) is 2.43. The van der Waals surface area contributed by atoms with Crippen LogP contribution in [0.15, 0.2) is 0 Å². The molecule has 0 radical (unpaired) electrons. The Balaban J connectivity index is 4.01. The Bertz CT molecular complexity index is 141. The van der Waals surface area contributed by atoms with Crippen LogP contribution in [-0.4, -0.2) is 28.0 Å². The van der Waals surface area contributed by atoms with Gasteiger partial charge in [-0.1, -0.05) is 47.8 Å². The molecule has 0 heterocycles. The molecule has 12 heavy (non-hydrogen) atoms. The molecule has 0 amide bonds. The standard InChI is InChI=1S/C6H8Br3ClO2/c7-1-6(2-8,3-9)4-12-5(10)11/h1-4H2. The number of halogens is 4. The van der Waals surface area contributed by atoms with Gasteiger partial charge < -0.3 is 4.74 Å². The van der Waals surface area contributed by atoms with E-state index >= 15 is 0 Å². The normalized spacial score (nSPS) is 11.3. The van der Waals surface area contributed by atoms with E-state index in [1.54, 1.807) is 0 Å². The minimum Gasteiger partial charge on any atom is -0.453 e. The van der Waals surface area contributed by atoms with Crippen LogP contribution in [-0.2, 0) is 4.74 Å². The molecule has 2 nitrogen and oxygen atoms in total. The molecule has 0 bridgehead atoms. The van der Waals surface area contributed by atoms with Gasteiger partial charge in [0.05, 0.1) is 0 Å². The Morgan fingerprint density at radius 3 is 1.92 bits per heavy atom. The van der Waals surface area contributed by atoms with Crippen molar-refractivity contribution in [3.05, 3.63) is 0 Å². The molecule has 0 atom stereocenters. The maximum absolute atomic E-state index is 10.3. The van der Waals surface area contributed by atoms with Gasteiger partial charge in [0.1, 0.15) is 6.61 Å². The maximum Gasteiger partial charge on any atom is 0.403 e. The number of carbonyl (C=O) groups excluding carboxylic acids is 1. The smallest absolute Gasteiger partial charge is 0.403 e. The van der Waals surface area contributed by atoms with Crippen molar-refractivity contribution in [3.63, 3.8) is 0 Å². The number of ether oxygens (including phenoxy) is 1. The molecule has 0 N–H and O–H groups in total. The lowest BCUT2D eigenvalue weighted by Gasteiger charge is -2.26. The number of hydrogen-bond acceptors (Lipinski definition) is 2. The first-order chi connectivity index (χ1) is 5.60. The fourth-order valence-electron chi connectivity index (χ4n) is 0.433. The predicted molar refractivity (Wildman–Crippen MR) is 61.0 cm³/mol. The molecule has 0 spiro atoms. The summed E-state index contributed by atoms with van der Waals surface area (Å²) in [7, 11) is 0. The van der Waals surface area contributed by atoms with Crippen molar-refractivity contribution in [2.24, 2.45) is 5.41 Å². The van der Waals surface area contributed by atoms with Crippen molar-refractivity contribution in [1.29, 1.82) is 0 Å². The van der Waals surface area contributed by atoms with Gasteiger partial charge in [0.25, 0.3) is 0 Å². The van der Waals surface area contributed by atoms with E-state index in [1.807, 2.05) is 0 Å². The average molecular weight is 387 g/mol. The molecule has 0 aliphatic heterocycles. The molecule has 0 unspecified atom stereocenters. The Morgan fingerprint density at radius 1 is 1.25 bits per heavy atom. The quantitative estimate of drug-likeness (QED) is 0.533. The van der Waals surface area contributed by atoms with Crippen molar-refractivity contribution in [3.8, 4) is 0 Å². The van der Waals surface area contributed by atoms with Crippen molar-refractivity contribution in [2.75, 3.05) is 22.6 Å². The Hall–Kier alpha value is 1.20. The van der Waals surface area contributed by atoms with Crippen molar-refractivity contribution < 1.29 is 9.53 Å². The third kappa shape index (κ3) is 4.44. The van der Waals surface area contributed by atoms with E-state index in [9.17, 15) is 4.79 Å². The van der Waals surface area contributed by atoms with E-state index < -0.39 is 5.43 Å². The van der Waals surface area contributed by atoms with Gasteiger partial charge in [-0.25, -0.2) is 4.79 Å². The third-order valence-electron chi connectivity index (χ3n) is 1.34. The summed E-state index contributed by atoms with van der Waals surface area (Å²) < 4.78 is 4.72. The van der Waals surface area contributed by atoms with Gasteiger partial charge in [0.2, 0.25) is 0 Å². The predicted octanol–water partition coefficient (Wildman–Crippen LogP) is 3.53. The van der Waals surface area contributed by atoms with Crippen molar-refractivity contribution in [1.82, 2.24) is 0 Å². The first kappa shape index (κ1) is 13.2. The SMILES string of the molecule is O=C(Cl)OCC(CBr)(CBr)CBr. The fraction of sp³-hybridized carbons (Fsp3) is 0.833. The lowest BCUT2D eigenvalue weighted by Crippen LogP contribution is -2.32. The molecule has 0 aromatic heterocycles. The van der Waals surface area contributed by atoms with Gasteiger partial charge in [0.15, 0.2) is 0 Å².